The molecule has 2 nitrogen and oxygen atoms in total. The predicted octanol–water partition coefficient (Wildman–Crippen LogP) is 2.60. The van der Waals surface area contributed by atoms with E-state index in [2.05, 4.69) is 4.98 Å². The van der Waals surface area contributed by atoms with Crippen molar-refractivity contribution in [1.82, 2.24) is 4.98 Å². The van der Waals surface area contributed by atoms with Gasteiger partial charge in [0, 0.05) is 24.0 Å². The van der Waals surface area contributed by atoms with E-state index >= 15 is 0 Å². The zero-order valence-corrected chi connectivity index (χ0v) is 9.11. The Morgan fingerprint density at radius 1 is 1.12 bits per heavy atom. The first-order chi connectivity index (χ1) is 8.18. The summed E-state index contributed by atoms with van der Waals surface area (Å²) >= 11 is 0. The predicted molar refractivity (Wildman–Crippen MR) is 61.2 cm³/mol. The molecular formula is C13H12F2N2. The van der Waals surface area contributed by atoms with Crippen LogP contribution in [-0.2, 0) is 6.42 Å². The lowest BCUT2D eigenvalue weighted by Gasteiger charge is -2.13. The van der Waals surface area contributed by atoms with Crippen LogP contribution in [0.1, 0.15) is 17.2 Å². The molecule has 1 aromatic carbocycles. The van der Waals surface area contributed by atoms with E-state index in [1.807, 2.05) is 0 Å². The first-order valence-electron chi connectivity index (χ1n) is 5.27. The largest absolute Gasteiger partial charge is 0.324 e. The number of halogens is 2. The third-order valence-electron chi connectivity index (χ3n) is 2.59. The molecule has 1 aromatic heterocycles. The molecule has 0 aliphatic rings. The molecule has 2 N–H and O–H groups in total. The highest BCUT2D eigenvalue weighted by Gasteiger charge is 2.14. The number of pyridine rings is 1. The molecule has 1 atom stereocenters. The highest BCUT2D eigenvalue weighted by atomic mass is 19.2. The fraction of sp³-hybridized carbons (Fsp3) is 0.154. The molecule has 0 aliphatic carbocycles. The van der Waals surface area contributed by atoms with E-state index < -0.39 is 17.7 Å². The number of nitrogens with zero attached hydrogens (tertiary/aromatic N) is 1. The number of nitrogens with two attached hydrogens (primary N) is 1. The summed E-state index contributed by atoms with van der Waals surface area (Å²) < 4.78 is 26.5. The van der Waals surface area contributed by atoms with Gasteiger partial charge in [-0.1, -0.05) is 12.1 Å². The standard InChI is InChI=1S/C13H12F2N2/c14-11-3-1-2-10(13(11)15)12(16)8-9-4-6-17-7-5-9/h1-7,12H,8,16H2. The van der Waals surface area contributed by atoms with E-state index in [4.69, 9.17) is 5.73 Å². The van der Waals surface area contributed by atoms with E-state index in [-0.39, 0.29) is 5.56 Å². The zero-order valence-electron chi connectivity index (χ0n) is 9.11. The molecule has 0 radical (unpaired) electrons. The molecule has 0 amide bonds. The Kier molecular flexibility index (Phi) is 3.44. The van der Waals surface area contributed by atoms with Gasteiger partial charge >= 0.3 is 0 Å². The summed E-state index contributed by atoms with van der Waals surface area (Å²) in [5.41, 5.74) is 7.01. The quantitative estimate of drug-likeness (QED) is 0.886. The molecule has 17 heavy (non-hydrogen) atoms. The van der Waals surface area contributed by atoms with Gasteiger partial charge in [-0.2, -0.15) is 0 Å². The summed E-state index contributed by atoms with van der Waals surface area (Å²) in [4.78, 5) is 3.88. The molecule has 0 saturated carbocycles. The monoisotopic (exact) mass is 234 g/mol. The Morgan fingerprint density at radius 3 is 2.53 bits per heavy atom. The highest BCUT2D eigenvalue weighted by Crippen LogP contribution is 2.20. The molecule has 1 heterocycles. The number of hydrogen-bond donors (Lipinski definition) is 1. The molecule has 0 aliphatic heterocycles. The maximum atomic E-state index is 13.5. The van der Waals surface area contributed by atoms with E-state index in [1.165, 1.54) is 12.1 Å². The molecule has 0 bridgehead atoms. The minimum atomic E-state index is -0.868. The second kappa shape index (κ2) is 5.01. The first kappa shape index (κ1) is 11.7. The lowest BCUT2D eigenvalue weighted by molar-refractivity contribution is 0.488. The van der Waals surface area contributed by atoms with E-state index in [0.717, 1.165) is 11.6 Å². The van der Waals surface area contributed by atoms with Crippen LogP contribution < -0.4 is 5.73 Å². The van der Waals surface area contributed by atoms with Crippen LogP contribution in [0.3, 0.4) is 0 Å². The summed E-state index contributed by atoms with van der Waals surface area (Å²) in [5, 5.41) is 0. The van der Waals surface area contributed by atoms with Gasteiger partial charge in [0.05, 0.1) is 0 Å². The van der Waals surface area contributed by atoms with Crippen molar-refractivity contribution in [2.75, 3.05) is 0 Å². The number of benzene rings is 1. The first-order valence-corrected chi connectivity index (χ1v) is 5.27. The minimum absolute atomic E-state index is 0.196. The van der Waals surface area contributed by atoms with Gasteiger partial charge in [-0.05, 0) is 30.2 Å². The fourth-order valence-corrected chi connectivity index (χ4v) is 1.69. The average molecular weight is 234 g/mol. The van der Waals surface area contributed by atoms with Crippen LogP contribution in [0.5, 0.6) is 0 Å². The van der Waals surface area contributed by atoms with E-state index in [1.54, 1.807) is 24.5 Å². The third kappa shape index (κ3) is 2.65. The second-order valence-corrected chi connectivity index (χ2v) is 3.81. The van der Waals surface area contributed by atoms with Gasteiger partial charge in [0.2, 0.25) is 0 Å². The van der Waals surface area contributed by atoms with Gasteiger partial charge in [0.1, 0.15) is 0 Å². The van der Waals surface area contributed by atoms with Crippen molar-refractivity contribution in [3.63, 3.8) is 0 Å². The minimum Gasteiger partial charge on any atom is -0.324 e. The van der Waals surface area contributed by atoms with Gasteiger partial charge in [-0.15, -0.1) is 0 Å². The fourth-order valence-electron chi connectivity index (χ4n) is 1.69. The smallest absolute Gasteiger partial charge is 0.163 e. The third-order valence-corrected chi connectivity index (χ3v) is 2.59. The van der Waals surface area contributed by atoms with Crippen LogP contribution in [-0.4, -0.2) is 4.98 Å². The van der Waals surface area contributed by atoms with Crippen molar-refractivity contribution in [1.29, 1.82) is 0 Å². The molecule has 0 spiro atoms. The van der Waals surface area contributed by atoms with Gasteiger partial charge in [-0.25, -0.2) is 8.78 Å². The summed E-state index contributed by atoms with van der Waals surface area (Å²) in [6.45, 7) is 0. The topological polar surface area (TPSA) is 38.9 Å². The molecule has 1 unspecified atom stereocenters. The summed E-state index contributed by atoms with van der Waals surface area (Å²) in [7, 11) is 0. The Bertz CT molecular complexity index is 500. The maximum Gasteiger partial charge on any atom is 0.163 e. The average Bonchev–Trinajstić information content (AvgIpc) is 2.34. The molecule has 88 valence electrons. The molecule has 2 rings (SSSR count). The van der Waals surface area contributed by atoms with Crippen molar-refractivity contribution in [2.24, 2.45) is 5.73 Å². The Hall–Kier alpha value is -1.81. The van der Waals surface area contributed by atoms with Crippen LogP contribution >= 0.6 is 0 Å². The van der Waals surface area contributed by atoms with Crippen molar-refractivity contribution in [2.45, 2.75) is 12.5 Å². The molecule has 2 aromatic rings. The SMILES string of the molecule is NC(Cc1ccncc1)c1cccc(F)c1F. The van der Waals surface area contributed by atoms with Crippen LogP contribution in [0.4, 0.5) is 8.78 Å². The second-order valence-electron chi connectivity index (χ2n) is 3.81. The van der Waals surface area contributed by atoms with Crippen LogP contribution in [0.25, 0.3) is 0 Å². The number of hydrogen-bond acceptors (Lipinski definition) is 2. The Balaban J connectivity index is 2.20. The van der Waals surface area contributed by atoms with E-state index in [0.29, 0.717) is 6.42 Å². The molecule has 0 saturated heterocycles. The number of aromatic nitrogens is 1. The highest BCUT2D eigenvalue weighted by molar-refractivity contribution is 5.24. The van der Waals surface area contributed by atoms with Crippen molar-refractivity contribution >= 4 is 0 Å². The lowest BCUT2D eigenvalue weighted by Crippen LogP contribution is -2.15. The summed E-state index contributed by atoms with van der Waals surface area (Å²) in [6, 6.07) is 7.09. The van der Waals surface area contributed by atoms with Crippen molar-refractivity contribution in [3.8, 4) is 0 Å². The van der Waals surface area contributed by atoms with Crippen molar-refractivity contribution in [3.05, 3.63) is 65.5 Å². The van der Waals surface area contributed by atoms with Gasteiger partial charge in [0.15, 0.2) is 11.6 Å². The van der Waals surface area contributed by atoms with Crippen molar-refractivity contribution < 1.29 is 8.78 Å². The molecular weight excluding hydrogens is 222 g/mol. The lowest BCUT2D eigenvalue weighted by atomic mass is 10.00. The van der Waals surface area contributed by atoms with Gasteiger partial charge < -0.3 is 5.73 Å². The summed E-state index contributed by atoms with van der Waals surface area (Å²) in [5.74, 6) is -1.73. The number of rotatable bonds is 3. The van der Waals surface area contributed by atoms with E-state index in [9.17, 15) is 8.78 Å². The molecule has 0 fully saturated rings. The van der Waals surface area contributed by atoms with Gasteiger partial charge in [0.25, 0.3) is 0 Å². The van der Waals surface area contributed by atoms with Crippen LogP contribution in [0.15, 0.2) is 42.7 Å². The molecule has 4 heteroatoms. The zero-order chi connectivity index (χ0) is 12.3. The summed E-state index contributed by atoms with van der Waals surface area (Å²) in [6.07, 6.45) is 3.73. The normalized spacial score (nSPS) is 12.4. The van der Waals surface area contributed by atoms with Crippen LogP contribution in [0.2, 0.25) is 0 Å². The maximum absolute atomic E-state index is 13.5. The van der Waals surface area contributed by atoms with Crippen LogP contribution in [0, 0.1) is 11.6 Å². The Morgan fingerprint density at radius 2 is 1.82 bits per heavy atom. The van der Waals surface area contributed by atoms with Gasteiger partial charge in [-0.3, -0.25) is 4.98 Å². The Labute approximate surface area is 98.1 Å².